The second-order valence-corrected chi connectivity index (χ2v) is 7.82. The summed E-state index contributed by atoms with van der Waals surface area (Å²) in [4.78, 5) is 4.84. The van der Waals surface area contributed by atoms with Crippen molar-refractivity contribution in [2.45, 2.75) is 37.6 Å². The number of aliphatic imine (C=N–C) groups is 1. The van der Waals surface area contributed by atoms with E-state index in [1.165, 1.54) is 6.42 Å². The van der Waals surface area contributed by atoms with E-state index in [2.05, 4.69) is 22.5 Å². The van der Waals surface area contributed by atoms with Crippen LogP contribution in [0.15, 0.2) is 40.2 Å². The molecule has 1 saturated carbocycles. The third-order valence-electron chi connectivity index (χ3n) is 3.72. The molecule has 122 valence electrons. The molecule has 0 heterocycles. The molecule has 2 N–H and O–H groups in total. The van der Waals surface area contributed by atoms with E-state index in [1.54, 1.807) is 24.3 Å². The molecule has 1 aliphatic rings. The lowest BCUT2D eigenvalue weighted by atomic mass is 10.4. The molecule has 2 rings (SSSR count). The molecule has 0 saturated heterocycles. The minimum Gasteiger partial charge on any atom is -0.357 e. The van der Waals surface area contributed by atoms with Crippen molar-refractivity contribution < 1.29 is 8.42 Å². The Labute approximate surface area is 133 Å². The van der Waals surface area contributed by atoms with Crippen LogP contribution in [-0.4, -0.2) is 39.3 Å². The number of hydrogen-bond acceptors (Lipinski definition) is 3. The second kappa shape index (κ2) is 7.63. The van der Waals surface area contributed by atoms with Crippen LogP contribution in [0.1, 0.15) is 26.7 Å². The lowest BCUT2D eigenvalue weighted by Gasteiger charge is -2.10. The van der Waals surface area contributed by atoms with Gasteiger partial charge in [-0.15, -0.1) is 0 Å². The van der Waals surface area contributed by atoms with E-state index in [4.69, 9.17) is 0 Å². The highest BCUT2D eigenvalue weighted by Crippen LogP contribution is 2.28. The van der Waals surface area contributed by atoms with Crippen molar-refractivity contribution in [3.05, 3.63) is 30.3 Å². The SMILES string of the molecule is CCNC(=NCCCS(=O)(=O)c1ccccc1)NC1CC1C. The number of guanidine groups is 1. The van der Waals surface area contributed by atoms with Crippen LogP contribution in [0.3, 0.4) is 0 Å². The van der Waals surface area contributed by atoms with Gasteiger partial charge in [0.25, 0.3) is 0 Å². The maximum absolute atomic E-state index is 12.2. The normalized spacial score (nSPS) is 21.5. The largest absolute Gasteiger partial charge is 0.357 e. The second-order valence-electron chi connectivity index (χ2n) is 5.71. The van der Waals surface area contributed by atoms with E-state index in [0.29, 0.717) is 29.8 Å². The van der Waals surface area contributed by atoms with Crippen molar-refractivity contribution in [2.75, 3.05) is 18.8 Å². The molecule has 1 aliphatic carbocycles. The zero-order valence-corrected chi connectivity index (χ0v) is 14.1. The number of hydrogen-bond donors (Lipinski definition) is 2. The van der Waals surface area contributed by atoms with Crippen LogP contribution in [0.4, 0.5) is 0 Å². The lowest BCUT2D eigenvalue weighted by Crippen LogP contribution is -2.39. The first-order valence-corrected chi connectivity index (χ1v) is 9.51. The van der Waals surface area contributed by atoms with Crippen LogP contribution in [0.2, 0.25) is 0 Å². The Bertz CT molecular complexity index is 599. The van der Waals surface area contributed by atoms with Crippen LogP contribution in [-0.2, 0) is 9.84 Å². The molecule has 2 unspecified atom stereocenters. The van der Waals surface area contributed by atoms with Gasteiger partial charge in [0.2, 0.25) is 0 Å². The smallest absolute Gasteiger partial charge is 0.191 e. The highest BCUT2D eigenvalue weighted by Gasteiger charge is 2.33. The summed E-state index contributed by atoms with van der Waals surface area (Å²) in [7, 11) is -3.20. The van der Waals surface area contributed by atoms with Crippen LogP contribution in [0.5, 0.6) is 0 Å². The molecule has 1 aromatic rings. The Hall–Kier alpha value is -1.56. The van der Waals surface area contributed by atoms with Crippen LogP contribution in [0.25, 0.3) is 0 Å². The Morgan fingerprint density at radius 2 is 2.00 bits per heavy atom. The number of nitrogens with one attached hydrogen (secondary N) is 2. The van der Waals surface area contributed by atoms with Gasteiger partial charge in [0, 0.05) is 19.1 Å². The summed E-state index contributed by atoms with van der Waals surface area (Å²) in [6, 6.07) is 9.09. The van der Waals surface area contributed by atoms with Gasteiger partial charge in [0.1, 0.15) is 0 Å². The Morgan fingerprint density at radius 3 is 2.59 bits per heavy atom. The lowest BCUT2D eigenvalue weighted by molar-refractivity contribution is 0.593. The summed E-state index contributed by atoms with van der Waals surface area (Å²) in [5, 5.41) is 6.55. The minimum absolute atomic E-state index is 0.125. The van der Waals surface area contributed by atoms with Gasteiger partial charge < -0.3 is 10.6 Å². The maximum Gasteiger partial charge on any atom is 0.191 e. The topological polar surface area (TPSA) is 70.6 Å². The number of rotatable bonds is 7. The zero-order valence-electron chi connectivity index (χ0n) is 13.2. The summed E-state index contributed by atoms with van der Waals surface area (Å²) >= 11 is 0. The van der Waals surface area contributed by atoms with Crippen LogP contribution in [0, 0.1) is 5.92 Å². The number of nitrogens with zero attached hydrogens (tertiary/aromatic N) is 1. The van der Waals surface area contributed by atoms with Crippen molar-refractivity contribution in [1.82, 2.24) is 10.6 Å². The summed E-state index contributed by atoms with van der Waals surface area (Å²) in [6.45, 7) is 5.53. The van der Waals surface area contributed by atoms with Gasteiger partial charge in [-0.05, 0) is 37.8 Å². The van der Waals surface area contributed by atoms with Crippen molar-refractivity contribution in [3.63, 3.8) is 0 Å². The molecular weight excluding hydrogens is 298 g/mol. The molecule has 1 fully saturated rings. The molecule has 0 amide bonds. The van der Waals surface area contributed by atoms with E-state index >= 15 is 0 Å². The van der Waals surface area contributed by atoms with Crippen molar-refractivity contribution >= 4 is 15.8 Å². The predicted molar refractivity (Wildman–Crippen MR) is 89.8 cm³/mol. The first kappa shape index (κ1) is 16.8. The Balaban J connectivity index is 1.82. The summed E-state index contributed by atoms with van der Waals surface area (Å²) < 4.78 is 24.3. The molecule has 6 heteroatoms. The number of sulfone groups is 1. The highest BCUT2D eigenvalue weighted by molar-refractivity contribution is 7.91. The molecule has 22 heavy (non-hydrogen) atoms. The fourth-order valence-electron chi connectivity index (χ4n) is 2.21. The summed E-state index contributed by atoms with van der Waals surface area (Å²) in [5.41, 5.74) is 0. The summed E-state index contributed by atoms with van der Waals surface area (Å²) in [6.07, 6.45) is 1.70. The third kappa shape index (κ3) is 5.02. The average Bonchev–Trinajstić information content (AvgIpc) is 3.20. The molecule has 0 aliphatic heterocycles. The van der Waals surface area contributed by atoms with Gasteiger partial charge in [-0.1, -0.05) is 25.1 Å². The fraction of sp³-hybridized carbons (Fsp3) is 0.562. The van der Waals surface area contributed by atoms with Gasteiger partial charge in [-0.2, -0.15) is 0 Å². The third-order valence-corrected chi connectivity index (χ3v) is 5.54. The molecule has 1 aromatic carbocycles. The van der Waals surface area contributed by atoms with E-state index in [1.807, 2.05) is 13.0 Å². The van der Waals surface area contributed by atoms with Gasteiger partial charge in [0.05, 0.1) is 10.6 Å². The first-order chi connectivity index (χ1) is 10.5. The average molecular weight is 323 g/mol. The fourth-order valence-corrected chi connectivity index (χ4v) is 3.53. The molecule has 0 spiro atoms. The Kier molecular flexibility index (Phi) is 5.83. The van der Waals surface area contributed by atoms with Crippen LogP contribution < -0.4 is 10.6 Å². The number of benzene rings is 1. The molecule has 2 atom stereocenters. The van der Waals surface area contributed by atoms with E-state index in [-0.39, 0.29) is 5.75 Å². The van der Waals surface area contributed by atoms with E-state index in [0.717, 1.165) is 12.5 Å². The Morgan fingerprint density at radius 1 is 1.32 bits per heavy atom. The molecule has 0 aromatic heterocycles. The maximum atomic E-state index is 12.2. The van der Waals surface area contributed by atoms with Gasteiger partial charge >= 0.3 is 0 Å². The molecule has 0 bridgehead atoms. The van der Waals surface area contributed by atoms with Gasteiger partial charge in [-0.3, -0.25) is 4.99 Å². The minimum atomic E-state index is -3.20. The highest BCUT2D eigenvalue weighted by atomic mass is 32.2. The van der Waals surface area contributed by atoms with Crippen molar-refractivity contribution in [1.29, 1.82) is 0 Å². The monoisotopic (exact) mass is 323 g/mol. The quantitative estimate of drug-likeness (QED) is 0.456. The van der Waals surface area contributed by atoms with Gasteiger partial charge in [-0.25, -0.2) is 8.42 Å². The first-order valence-electron chi connectivity index (χ1n) is 7.85. The zero-order chi connectivity index (χ0) is 16.0. The van der Waals surface area contributed by atoms with E-state index in [9.17, 15) is 8.42 Å². The standard InChI is InChI=1S/C16H25N3O2S/c1-3-17-16(19-15-12-13(15)2)18-10-7-11-22(20,21)14-8-5-4-6-9-14/h4-6,8-9,13,15H,3,7,10-12H2,1-2H3,(H2,17,18,19). The van der Waals surface area contributed by atoms with Crippen LogP contribution >= 0.6 is 0 Å². The molecular formula is C16H25N3O2S. The van der Waals surface area contributed by atoms with Crippen molar-refractivity contribution in [3.8, 4) is 0 Å². The predicted octanol–water partition coefficient (Wildman–Crippen LogP) is 1.81. The molecule has 5 nitrogen and oxygen atoms in total. The molecule has 0 radical (unpaired) electrons. The summed E-state index contributed by atoms with van der Waals surface area (Å²) in [5.74, 6) is 1.61. The van der Waals surface area contributed by atoms with Gasteiger partial charge in [0.15, 0.2) is 15.8 Å². The van der Waals surface area contributed by atoms with E-state index < -0.39 is 9.84 Å². The van der Waals surface area contributed by atoms with Crippen molar-refractivity contribution in [2.24, 2.45) is 10.9 Å².